The molecule has 0 bridgehead atoms. The van der Waals surface area contributed by atoms with Crippen LogP contribution in [0.5, 0.6) is 0 Å². The topological polar surface area (TPSA) is 95.1 Å². The fourth-order valence-corrected chi connectivity index (χ4v) is 4.45. The summed E-state index contributed by atoms with van der Waals surface area (Å²) in [5.74, 6) is 2.34. The van der Waals surface area contributed by atoms with Crippen molar-refractivity contribution in [1.29, 1.82) is 0 Å². The Balaban J connectivity index is 1.59. The molecular formula is C24H28N6O2. The highest BCUT2D eigenvalue weighted by molar-refractivity contribution is 5.74. The number of nitrogens with two attached hydrogens (primary N) is 1. The largest absolute Gasteiger partial charge is 0.469 e. The number of aryl methyl sites for hydroxylation is 2. The van der Waals surface area contributed by atoms with E-state index in [0.717, 1.165) is 43.2 Å². The number of aromatic nitrogens is 4. The maximum atomic E-state index is 13.5. The summed E-state index contributed by atoms with van der Waals surface area (Å²) in [6, 6.07) is 14.0. The van der Waals surface area contributed by atoms with Gasteiger partial charge in [-0.3, -0.25) is 13.9 Å². The summed E-state index contributed by atoms with van der Waals surface area (Å²) in [5.41, 5.74) is 8.31. The van der Waals surface area contributed by atoms with E-state index in [4.69, 9.17) is 20.1 Å². The quantitative estimate of drug-likeness (QED) is 0.503. The fraction of sp³-hybridized carbons (Fsp3) is 0.375. The number of fused-ring (bicyclic) bond motifs is 1. The van der Waals surface area contributed by atoms with E-state index in [1.165, 1.54) is 0 Å². The monoisotopic (exact) mass is 432 g/mol. The second kappa shape index (κ2) is 8.63. The molecule has 166 valence electrons. The molecule has 32 heavy (non-hydrogen) atoms. The first-order chi connectivity index (χ1) is 15.6. The van der Waals surface area contributed by atoms with E-state index in [-0.39, 0.29) is 11.6 Å². The number of rotatable bonds is 6. The summed E-state index contributed by atoms with van der Waals surface area (Å²) in [7, 11) is 1.78. The van der Waals surface area contributed by atoms with Crippen molar-refractivity contribution in [2.75, 3.05) is 18.0 Å². The summed E-state index contributed by atoms with van der Waals surface area (Å²) >= 11 is 0. The van der Waals surface area contributed by atoms with E-state index in [1.807, 2.05) is 34.9 Å². The SMILES string of the molecule is Cn1c(CCc2ccco2)nc2nc(N3CCCC(N)C3)n(Cc3ccccc3)c2c1=O. The summed E-state index contributed by atoms with van der Waals surface area (Å²) in [6.45, 7) is 2.16. The Morgan fingerprint density at radius 1 is 1.12 bits per heavy atom. The summed E-state index contributed by atoms with van der Waals surface area (Å²) in [5, 5.41) is 0. The molecule has 1 aromatic carbocycles. The van der Waals surface area contributed by atoms with Gasteiger partial charge >= 0.3 is 0 Å². The van der Waals surface area contributed by atoms with Crippen molar-refractivity contribution in [3.8, 4) is 0 Å². The van der Waals surface area contributed by atoms with Gasteiger partial charge in [-0.1, -0.05) is 30.3 Å². The van der Waals surface area contributed by atoms with Crippen LogP contribution in [0.15, 0.2) is 57.9 Å². The van der Waals surface area contributed by atoms with Crippen LogP contribution in [0, 0.1) is 0 Å². The average Bonchev–Trinajstić information content (AvgIpc) is 3.44. The Labute approximate surface area is 186 Å². The van der Waals surface area contributed by atoms with Crippen LogP contribution in [0.4, 0.5) is 5.95 Å². The fourth-order valence-electron chi connectivity index (χ4n) is 4.45. The minimum Gasteiger partial charge on any atom is -0.469 e. The summed E-state index contributed by atoms with van der Waals surface area (Å²) in [6.07, 6.45) is 4.95. The molecule has 0 amide bonds. The molecule has 1 aliphatic heterocycles. The van der Waals surface area contributed by atoms with Crippen LogP contribution < -0.4 is 16.2 Å². The number of imidazole rings is 1. The van der Waals surface area contributed by atoms with Crippen LogP contribution >= 0.6 is 0 Å². The zero-order valence-electron chi connectivity index (χ0n) is 18.3. The van der Waals surface area contributed by atoms with E-state index >= 15 is 0 Å². The lowest BCUT2D eigenvalue weighted by molar-refractivity contribution is 0.495. The van der Waals surface area contributed by atoms with Crippen molar-refractivity contribution in [3.05, 3.63) is 76.2 Å². The standard InChI is InChI=1S/C24H28N6O2/c1-28-20(12-11-19-10-6-14-32-19)26-22-21(23(28)31)30(15-17-7-3-2-4-8-17)24(27-22)29-13-5-9-18(25)16-29/h2-4,6-8,10,14,18H,5,9,11-13,15-16,25H2,1H3. The van der Waals surface area contributed by atoms with Gasteiger partial charge in [0.05, 0.1) is 12.8 Å². The molecule has 0 aliphatic carbocycles. The molecule has 1 unspecified atom stereocenters. The van der Waals surface area contributed by atoms with Crippen molar-refractivity contribution in [2.24, 2.45) is 12.8 Å². The minimum absolute atomic E-state index is 0.0829. The van der Waals surface area contributed by atoms with E-state index in [0.29, 0.717) is 36.4 Å². The molecule has 0 radical (unpaired) electrons. The normalized spacial score (nSPS) is 16.7. The smallest absolute Gasteiger partial charge is 0.279 e. The predicted octanol–water partition coefficient (Wildman–Crippen LogP) is 2.48. The van der Waals surface area contributed by atoms with Crippen molar-refractivity contribution in [1.82, 2.24) is 19.1 Å². The van der Waals surface area contributed by atoms with Crippen LogP contribution in [0.1, 0.15) is 30.0 Å². The number of hydrogen-bond donors (Lipinski definition) is 1. The molecule has 0 spiro atoms. The number of nitrogens with zero attached hydrogens (tertiary/aromatic N) is 5. The van der Waals surface area contributed by atoms with Crippen LogP contribution in [0.3, 0.4) is 0 Å². The van der Waals surface area contributed by atoms with E-state index in [9.17, 15) is 4.79 Å². The Bertz CT molecular complexity index is 1260. The van der Waals surface area contributed by atoms with Crippen molar-refractivity contribution in [2.45, 2.75) is 38.3 Å². The molecule has 1 atom stereocenters. The Morgan fingerprint density at radius 2 is 1.97 bits per heavy atom. The van der Waals surface area contributed by atoms with Gasteiger partial charge in [0.1, 0.15) is 11.6 Å². The van der Waals surface area contributed by atoms with Gasteiger partial charge in [0.15, 0.2) is 11.2 Å². The van der Waals surface area contributed by atoms with Crippen molar-refractivity contribution in [3.63, 3.8) is 0 Å². The van der Waals surface area contributed by atoms with Gasteiger partial charge in [-0.05, 0) is 30.5 Å². The van der Waals surface area contributed by atoms with Crippen LogP contribution in [-0.2, 0) is 26.4 Å². The lowest BCUT2D eigenvalue weighted by Gasteiger charge is -2.31. The molecule has 1 saturated heterocycles. The minimum atomic E-state index is -0.0829. The lowest BCUT2D eigenvalue weighted by Crippen LogP contribution is -2.44. The third-order valence-electron chi connectivity index (χ3n) is 6.16. The average molecular weight is 433 g/mol. The molecule has 1 aliphatic rings. The predicted molar refractivity (Wildman–Crippen MR) is 124 cm³/mol. The Hall–Kier alpha value is -3.39. The molecule has 3 aromatic heterocycles. The molecular weight excluding hydrogens is 404 g/mol. The number of anilines is 1. The molecule has 4 aromatic rings. The van der Waals surface area contributed by atoms with Gasteiger partial charge in [0, 0.05) is 39.0 Å². The maximum absolute atomic E-state index is 13.5. The van der Waals surface area contributed by atoms with E-state index in [1.54, 1.807) is 17.9 Å². The van der Waals surface area contributed by atoms with Gasteiger partial charge < -0.3 is 15.1 Å². The second-order valence-electron chi connectivity index (χ2n) is 8.48. The number of furan rings is 1. The van der Waals surface area contributed by atoms with Crippen molar-refractivity contribution >= 4 is 17.1 Å². The molecule has 4 heterocycles. The third-order valence-corrected chi connectivity index (χ3v) is 6.16. The zero-order valence-corrected chi connectivity index (χ0v) is 18.3. The zero-order chi connectivity index (χ0) is 22.1. The van der Waals surface area contributed by atoms with Crippen molar-refractivity contribution < 1.29 is 4.42 Å². The molecule has 8 heteroatoms. The van der Waals surface area contributed by atoms with Gasteiger partial charge in [-0.15, -0.1) is 0 Å². The van der Waals surface area contributed by atoms with E-state index < -0.39 is 0 Å². The first-order valence-electron chi connectivity index (χ1n) is 11.1. The number of benzene rings is 1. The van der Waals surface area contributed by atoms with E-state index in [2.05, 4.69) is 17.0 Å². The molecule has 8 nitrogen and oxygen atoms in total. The first-order valence-corrected chi connectivity index (χ1v) is 11.1. The Kier molecular flexibility index (Phi) is 5.53. The Morgan fingerprint density at radius 3 is 2.72 bits per heavy atom. The molecule has 5 rings (SSSR count). The van der Waals surface area contributed by atoms with Gasteiger partial charge in [0.25, 0.3) is 5.56 Å². The number of hydrogen-bond acceptors (Lipinski definition) is 6. The molecule has 0 saturated carbocycles. The summed E-state index contributed by atoms with van der Waals surface area (Å²) < 4.78 is 9.09. The van der Waals surface area contributed by atoms with Gasteiger partial charge in [-0.25, -0.2) is 4.98 Å². The number of piperidine rings is 1. The molecule has 2 N–H and O–H groups in total. The molecule has 1 fully saturated rings. The lowest BCUT2D eigenvalue weighted by atomic mass is 10.1. The van der Waals surface area contributed by atoms with Gasteiger partial charge in [-0.2, -0.15) is 4.98 Å². The highest BCUT2D eigenvalue weighted by atomic mass is 16.3. The third kappa shape index (κ3) is 3.93. The second-order valence-corrected chi connectivity index (χ2v) is 8.48. The van der Waals surface area contributed by atoms with Gasteiger partial charge in [0.2, 0.25) is 5.95 Å². The first kappa shape index (κ1) is 20.5. The maximum Gasteiger partial charge on any atom is 0.279 e. The highest BCUT2D eigenvalue weighted by Crippen LogP contribution is 2.24. The van der Waals surface area contributed by atoms with Crippen LogP contribution in [-0.4, -0.2) is 38.2 Å². The van der Waals surface area contributed by atoms with Crippen LogP contribution in [0.25, 0.3) is 11.2 Å². The van der Waals surface area contributed by atoms with Crippen LogP contribution in [0.2, 0.25) is 0 Å². The summed E-state index contributed by atoms with van der Waals surface area (Å²) in [4.78, 5) is 25.3. The highest BCUT2D eigenvalue weighted by Gasteiger charge is 2.25.